The first-order chi connectivity index (χ1) is 66.9. The summed E-state index contributed by atoms with van der Waals surface area (Å²) < 4.78 is 27.7. The SMILES string of the molecule is CCCCCCCCCCCCCCCC(=O)NS(=O)(=O)CCCC(=O)N[C@@H](CCC(=O)O)C(=O)N[C@@H](CO)C(=O)N[C@@H](CCC(N)=O)C(=O)N[C@@H](Cc1c[nH]cn1)C(=O)N[C@@H](CCC(=O)O)C(=O)N[C@@H](CCCC)C(=O)N[C@H]1CCC(=O)CNCCCC[C@@H](C(N)=O)NC(=O)[C@H](Cc2c[nH]c3ccccc23)NC(=O)[C@H](CCCNC(=N)N)NC(=O)[C@@H](Cc2ccccc2)NC(=O)[C@@H]2C[C@@H](O)CN2C1=O. The van der Waals surface area contributed by atoms with Crippen LogP contribution in [0.15, 0.2) is 73.3 Å². The molecule has 27 N–H and O–H groups in total. The number of unbranched alkanes of at least 4 members (excludes halogenated alkanes) is 13. The molecule has 2 aromatic heterocycles. The second-order valence-corrected chi connectivity index (χ2v) is 37.3. The van der Waals surface area contributed by atoms with Crippen molar-refractivity contribution in [3.05, 3.63) is 90.1 Å². The van der Waals surface area contributed by atoms with Gasteiger partial charge in [0.15, 0.2) is 5.96 Å². The van der Waals surface area contributed by atoms with Gasteiger partial charge in [-0.3, -0.25) is 96.4 Å². The molecular formula is C93H142N22O24S. The van der Waals surface area contributed by atoms with Crippen LogP contribution in [-0.2, 0) is 116 Å². The van der Waals surface area contributed by atoms with E-state index in [9.17, 15) is 96.0 Å². The first-order valence-electron chi connectivity index (χ1n) is 48.2. The number of sulfonamides is 1. The molecule has 2 aliphatic heterocycles. The quantitative estimate of drug-likeness (QED) is 0.0143. The molecule has 46 nitrogen and oxygen atoms in total. The van der Waals surface area contributed by atoms with E-state index in [0.29, 0.717) is 41.3 Å². The van der Waals surface area contributed by atoms with Crippen LogP contribution < -0.4 is 91.0 Å². The summed E-state index contributed by atoms with van der Waals surface area (Å²) in [4.78, 5) is 263. The summed E-state index contributed by atoms with van der Waals surface area (Å²) >= 11 is 0. The Bertz CT molecular complexity index is 4890. The van der Waals surface area contributed by atoms with E-state index in [4.69, 9.17) is 22.6 Å². The number of aliphatic hydroxyl groups is 2. The van der Waals surface area contributed by atoms with Gasteiger partial charge in [-0.15, -0.1) is 0 Å². The Kier molecular flexibility index (Phi) is 51.3. The van der Waals surface area contributed by atoms with Crippen molar-refractivity contribution >= 4 is 133 Å². The highest BCUT2D eigenvalue weighted by Gasteiger charge is 2.45. The molecule has 0 radical (unpaired) electrons. The number of hydrogen-bond donors (Lipinski definition) is 24. The molecule has 0 spiro atoms. The Morgan fingerprint density at radius 1 is 0.557 bits per heavy atom. The number of carbonyl (C=O) groups excluding carboxylic acids is 16. The highest BCUT2D eigenvalue weighted by molar-refractivity contribution is 7.90. The van der Waals surface area contributed by atoms with Crippen LogP contribution in [-0.4, -0.2) is 278 Å². The van der Waals surface area contributed by atoms with Crippen molar-refractivity contribution in [3.63, 3.8) is 0 Å². The number of rotatable bonds is 56. The summed E-state index contributed by atoms with van der Waals surface area (Å²) in [7, 11) is -4.23. The number of nitrogens with zero attached hydrogens (tertiary/aromatic N) is 2. The van der Waals surface area contributed by atoms with Crippen LogP contribution in [0.25, 0.3) is 10.9 Å². The Morgan fingerprint density at radius 3 is 1.69 bits per heavy atom. The maximum Gasteiger partial charge on any atom is 0.303 e. The molecule has 0 aliphatic carbocycles. The number of amides is 15. The van der Waals surface area contributed by atoms with Gasteiger partial charge in [-0.05, 0) is 101 Å². The number of Topliss-reactive ketones (excluding diaryl/α,β-unsaturated/α-hetero) is 1. The van der Waals surface area contributed by atoms with Crippen LogP contribution >= 0.6 is 0 Å². The zero-order chi connectivity index (χ0) is 103. The highest BCUT2D eigenvalue weighted by atomic mass is 32.2. The number of carboxylic acids is 2. The number of imidazole rings is 1. The van der Waals surface area contributed by atoms with Crippen molar-refractivity contribution in [1.29, 1.82) is 5.41 Å². The number of guanidine groups is 1. The van der Waals surface area contributed by atoms with Gasteiger partial charge in [-0.2, -0.15) is 0 Å². The van der Waals surface area contributed by atoms with Gasteiger partial charge in [-0.25, -0.2) is 13.4 Å². The summed E-state index contributed by atoms with van der Waals surface area (Å²) in [5.41, 5.74) is 18.8. The van der Waals surface area contributed by atoms with Gasteiger partial charge >= 0.3 is 11.9 Å². The number of nitrogens with one attached hydrogen (secondary N) is 17. The summed E-state index contributed by atoms with van der Waals surface area (Å²) in [5, 5.41) is 83.3. The fourth-order valence-corrected chi connectivity index (χ4v) is 17.2. The molecule has 2 aromatic carbocycles. The third kappa shape index (κ3) is 43.1. The lowest BCUT2D eigenvalue weighted by Gasteiger charge is -2.31. The molecule has 13 atom stereocenters. The molecule has 4 heterocycles. The van der Waals surface area contributed by atoms with Crippen LogP contribution in [0, 0.1) is 5.41 Å². The summed E-state index contributed by atoms with van der Waals surface area (Å²) in [6, 6.07) is -4.79. The molecule has 47 heteroatoms. The van der Waals surface area contributed by atoms with Crippen molar-refractivity contribution in [1.82, 2.24) is 93.7 Å². The average Bonchev–Trinajstić information content (AvgIpc) is 1.67. The van der Waals surface area contributed by atoms with Crippen LogP contribution in [0.3, 0.4) is 0 Å². The predicted octanol–water partition coefficient (Wildman–Crippen LogP) is -1.03. The summed E-state index contributed by atoms with van der Waals surface area (Å²) in [6.07, 6.45) is 9.81. The minimum absolute atomic E-state index is 0.0117. The molecule has 2 fully saturated rings. The minimum Gasteiger partial charge on any atom is -0.481 e. The van der Waals surface area contributed by atoms with E-state index in [0.717, 1.165) is 37.0 Å². The number of aliphatic carboxylic acids is 2. The van der Waals surface area contributed by atoms with E-state index in [-0.39, 0.29) is 89.5 Å². The van der Waals surface area contributed by atoms with Crippen molar-refractivity contribution in [3.8, 4) is 0 Å². The maximum atomic E-state index is 15.5. The number of H-pyrrole nitrogens is 2. The highest BCUT2D eigenvalue weighted by Crippen LogP contribution is 2.25. The number of aromatic nitrogens is 3. The third-order valence-electron chi connectivity index (χ3n) is 23.9. The van der Waals surface area contributed by atoms with Gasteiger partial charge in [0.25, 0.3) is 0 Å². The number of carboxylic acid groups (broad SMARTS) is 2. The molecule has 2 aliphatic rings. The van der Waals surface area contributed by atoms with Gasteiger partial charge in [0.05, 0.1) is 37.0 Å². The fourth-order valence-electron chi connectivity index (χ4n) is 16.2. The standard InChI is InChI=1S/C93H142N22O24S/c1-3-5-7-8-9-10-11-12-13-14-15-16-20-34-78(121)114-140(138,139)46-26-35-77(120)103-67(39-42-79(122)123)84(129)113-74(55-116)90(135)108-68(38-41-76(94)119)86(131)111-73(49-59-52-99-56-102-59)89(134)107-69(40-43-80(124)125)85(130)105-65(30-6-4-2)82(127)109-70-37-36-60(117)53-98-44-24-23-32-64(81(95)126)104-88(133)72(48-58-51-101-63-31-22-21-29-62(58)63)110-83(128)66(33-25-45-100-93(96)97)106-87(132)71(47-57-27-18-17-19-28-57)112-91(136)75-50-61(118)54-115(75)92(70)137/h17-19,21-22,27-29,31,51-52,56,61,64-75,98,101,116,118H,3-16,20,23-26,30,32-50,53-55H2,1-2H3,(H2,94,119)(H2,95,126)(H,99,102)(H,103,120)(H,104,133)(H,105,130)(H,106,132)(H,107,134)(H,108,135)(H,109,127)(H,110,128)(H,111,131)(H,112,136)(H,113,129)(H,114,121)(H,122,123)(H,124,125)(H4,96,97,100)/t61-,64+,65+,66+,67+,68+,69+,70+,71-,72+,73+,74+,75+/m1/s1. The smallest absolute Gasteiger partial charge is 0.303 e. The van der Waals surface area contributed by atoms with Crippen molar-refractivity contribution in [2.75, 3.05) is 38.5 Å². The number of nitrogens with two attached hydrogens (primary N) is 3. The Morgan fingerprint density at radius 2 is 1.09 bits per heavy atom. The largest absolute Gasteiger partial charge is 0.481 e. The van der Waals surface area contributed by atoms with Gasteiger partial charge in [0.1, 0.15) is 78.3 Å². The molecule has 4 aromatic rings. The lowest BCUT2D eigenvalue weighted by atomic mass is 10.0. The van der Waals surface area contributed by atoms with E-state index in [1.54, 1.807) is 67.7 Å². The number of aromatic amines is 2. The van der Waals surface area contributed by atoms with Crippen LogP contribution in [0.2, 0.25) is 0 Å². The van der Waals surface area contributed by atoms with Gasteiger partial charge in [0, 0.05) is 101 Å². The third-order valence-corrected chi connectivity index (χ3v) is 25.3. The van der Waals surface area contributed by atoms with Gasteiger partial charge < -0.3 is 122 Å². The number of para-hydroxylation sites is 1. The van der Waals surface area contributed by atoms with Crippen molar-refractivity contribution in [2.45, 2.75) is 324 Å². The first kappa shape index (κ1) is 116. The zero-order valence-electron chi connectivity index (χ0n) is 79.6. The number of carbonyl (C=O) groups is 18. The molecular weight excluding hydrogens is 1840 g/mol. The maximum absolute atomic E-state index is 15.5. The predicted molar refractivity (Wildman–Crippen MR) is 511 cm³/mol. The molecule has 15 amide bonds. The number of hydrogen-bond acceptors (Lipinski definition) is 25. The first-order valence-corrected chi connectivity index (χ1v) is 49.9. The molecule has 0 unspecified atom stereocenters. The summed E-state index contributed by atoms with van der Waals surface area (Å²) in [6.45, 7) is 1.97. The molecule has 774 valence electrons. The Hall–Kier alpha value is -13.1. The number of aliphatic hydroxyl groups excluding tert-OH is 2. The topological polar surface area (TPSA) is 740 Å². The van der Waals surface area contributed by atoms with E-state index >= 15 is 19.2 Å². The lowest BCUT2D eigenvalue weighted by Crippen LogP contribution is -2.61. The lowest BCUT2D eigenvalue weighted by molar-refractivity contribution is -0.143. The Balaban J connectivity index is 1.21. The molecule has 0 saturated carbocycles. The number of ketones is 1. The summed E-state index contributed by atoms with van der Waals surface area (Å²) in [5.74, 6) is -20.2. The van der Waals surface area contributed by atoms with E-state index in [1.165, 1.54) is 57.5 Å². The minimum atomic E-state index is -4.23. The number of primary amides is 2. The second-order valence-electron chi connectivity index (χ2n) is 35.4. The second kappa shape index (κ2) is 62.1. The van der Waals surface area contributed by atoms with Crippen molar-refractivity contribution in [2.24, 2.45) is 17.2 Å². The van der Waals surface area contributed by atoms with E-state index in [2.05, 4.69) is 91.0 Å². The van der Waals surface area contributed by atoms with Crippen molar-refractivity contribution < 1.29 is 115 Å². The van der Waals surface area contributed by atoms with E-state index < -0.39 is 290 Å². The van der Waals surface area contributed by atoms with Crippen LogP contribution in [0.1, 0.15) is 243 Å². The van der Waals surface area contributed by atoms with E-state index in [1.807, 2.05) is 4.72 Å². The van der Waals surface area contributed by atoms with Crippen LogP contribution in [0.4, 0.5) is 0 Å². The zero-order valence-corrected chi connectivity index (χ0v) is 80.4. The van der Waals surface area contributed by atoms with Gasteiger partial charge in [-0.1, -0.05) is 152 Å². The molecule has 6 rings (SSSR count). The molecule has 140 heavy (non-hydrogen) atoms. The molecule has 2 saturated heterocycles. The Labute approximate surface area is 813 Å². The van der Waals surface area contributed by atoms with Gasteiger partial charge in [0.2, 0.25) is 98.6 Å². The monoisotopic (exact) mass is 1980 g/mol. The normalized spacial score (nSPS) is 19.0. The number of fused-ring (bicyclic) bond motifs is 2. The fraction of sp³-hybridized carbons (Fsp3) is 0.613. The molecule has 0 bridgehead atoms. The van der Waals surface area contributed by atoms with Crippen LogP contribution in [0.5, 0.6) is 0 Å². The number of benzene rings is 2. The average molecular weight is 1980 g/mol.